The van der Waals surface area contributed by atoms with Crippen LogP contribution in [0, 0.1) is 0 Å². The van der Waals surface area contributed by atoms with E-state index in [4.69, 9.17) is 4.74 Å². The summed E-state index contributed by atoms with van der Waals surface area (Å²) < 4.78 is 5.90. The molecule has 0 bridgehead atoms. The van der Waals surface area contributed by atoms with E-state index < -0.39 is 8.07 Å². The molecule has 0 aliphatic heterocycles. The van der Waals surface area contributed by atoms with Crippen LogP contribution < -0.4 is 5.19 Å². The number of allylic oxidation sites excluding steroid dienone is 4. The molecule has 2 aromatic carbocycles. The Hall–Kier alpha value is -1.90. The Balaban J connectivity index is 1.48. The summed E-state index contributed by atoms with van der Waals surface area (Å²) >= 11 is 0. The van der Waals surface area contributed by atoms with Gasteiger partial charge in [0.1, 0.15) is 0 Å². The van der Waals surface area contributed by atoms with Gasteiger partial charge in [-0.3, -0.25) is 0 Å². The maximum Gasteiger partial charge on any atom is 0.0945 e. The van der Waals surface area contributed by atoms with E-state index in [1.54, 1.807) is 10.8 Å². The second kappa shape index (κ2) is 9.30. The fourth-order valence-electron chi connectivity index (χ4n) is 5.36. The maximum absolute atomic E-state index is 5.90. The number of fused-ring (bicyclic) bond motifs is 3. The van der Waals surface area contributed by atoms with Crippen LogP contribution in [0.5, 0.6) is 0 Å². The first kappa shape index (κ1) is 22.3. The Morgan fingerprint density at radius 1 is 0.871 bits per heavy atom. The zero-order valence-electron chi connectivity index (χ0n) is 19.8. The van der Waals surface area contributed by atoms with Gasteiger partial charge in [-0.05, 0) is 61.4 Å². The standard InChI is InChI=1S/C29H38OSi/c1-29(2,3)30-20-11-5-6-12-21-31(4,24-15-8-9-16-24)28-19-13-18-26-25-17-10-7-14-23(25)22-27(26)28/h7-10,13-19,24H,5-6,11-12,20-22H2,1-4H3. The highest BCUT2D eigenvalue weighted by atomic mass is 28.3. The van der Waals surface area contributed by atoms with Gasteiger partial charge in [0.25, 0.3) is 0 Å². The van der Waals surface area contributed by atoms with E-state index in [1.807, 2.05) is 0 Å². The SMILES string of the molecule is CC(C)(C)OCCCCCC[Si](C)(c1cccc2c1Cc1ccccc1-2)C1C=CC=C1. The fraction of sp³-hybridized carbons (Fsp3) is 0.448. The van der Waals surface area contributed by atoms with E-state index in [0.29, 0.717) is 5.54 Å². The van der Waals surface area contributed by atoms with Gasteiger partial charge in [0.15, 0.2) is 0 Å². The van der Waals surface area contributed by atoms with Crippen molar-refractivity contribution in [3.63, 3.8) is 0 Å². The minimum absolute atomic E-state index is 0.0160. The van der Waals surface area contributed by atoms with Crippen LogP contribution in [0.15, 0.2) is 66.8 Å². The lowest BCUT2D eigenvalue weighted by molar-refractivity contribution is -0.00471. The summed E-state index contributed by atoms with van der Waals surface area (Å²) in [6, 6.07) is 17.5. The largest absolute Gasteiger partial charge is 0.376 e. The van der Waals surface area contributed by atoms with Gasteiger partial charge in [-0.1, -0.05) is 104 Å². The molecule has 164 valence electrons. The van der Waals surface area contributed by atoms with Crippen LogP contribution in [0.25, 0.3) is 11.1 Å². The molecule has 0 saturated carbocycles. The molecule has 0 saturated heterocycles. The third-order valence-electron chi connectivity index (χ3n) is 7.08. The lowest BCUT2D eigenvalue weighted by Crippen LogP contribution is -2.49. The third kappa shape index (κ3) is 4.96. The number of ether oxygens (including phenoxy) is 1. The molecule has 1 atom stereocenters. The monoisotopic (exact) mass is 430 g/mol. The fourth-order valence-corrected chi connectivity index (χ4v) is 9.76. The van der Waals surface area contributed by atoms with Crippen LogP contribution in [0.1, 0.15) is 57.6 Å². The van der Waals surface area contributed by atoms with Gasteiger partial charge in [0, 0.05) is 6.61 Å². The quantitative estimate of drug-likeness (QED) is 0.253. The second-order valence-corrected chi connectivity index (χ2v) is 15.0. The molecule has 1 nitrogen and oxygen atoms in total. The molecular weight excluding hydrogens is 392 g/mol. The van der Waals surface area contributed by atoms with Gasteiger partial charge >= 0.3 is 0 Å². The molecule has 0 fully saturated rings. The smallest absolute Gasteiger partial charge is 0.0945 e. The summed E-state index contributed by atoms with van der Waals surface area (Å²) in [5, 5.41) is 1.69. The summed E-state index contributed by atoms with van der Waals surface area (Å²) in [7, 11) is -1.69. The molecule has 2 heteroatoms. The van der Waals surface area contributed by atoms with Gasteiger partial charge < -0.3 is 4.74 Å². The Labute approximate surface area is 190 Å². The average molecular weight is 431 g/mol. The zero-order valence-corrected chi connectivity index (χ0v) is 20.8. The number of unbranched alkanes of at least 4 members (excludes halogenated alkanes) is 3. The molecule has 1 unspecified atom stereocenters. The molecule has 2 aromatic rings. The summed E-state index contributed by atoms with van der Waals surface area (Å²) in [4.78, 5) is 0. The van der Waals surface area contributed by atoms with Gasteiger partial charge in [-0.15, -0.1) is 0 Å². The minimum Gasteiger partial charge on any atom is -0.376 e. The van der Waals surface area contributed by atoms with Crippen LogP contribution in [-0.2, 0) is 11.2 Å². The summed E-state index contributed by atoms with van der Waals surface area (Å²) in [6.07, 6.45) is 15.6. The van der Waals surface area contributed by atoms with E-state index in [9.17, 15) is 0 Å². The molecule has 2 aliphatic rings. The van der Waals surface area contributed by atoms with Crippen molar-refractivity contribution < 1.29 is 4.74 Å². The van der Waals surface area contributed by atoms with E-state index in [-0.39, 0.29) is 5.60 Å². The highest BCUT2D eigenvalue weighted by Gasteiger charge is 2.39. The highest BCUT2D eigenvalue weighted by molar-refractivity contribution is 6.93. The molecule has 4 rings (SSSR count). The van der Waals surface area contributed by atoms with Gasteiger partial charge in [0.05, 0.1) is 13.7 Å². The maximum atomic E-state index is 5.90. The van der Waals surface area contributed by atoms with E-state index in [0.717, 1.165) is 13.0 Å². The molecule has 31 heavy (non-hydrogen) atoms. The first-order valence-corrected chi connectivity index (χ1v) is 14.9. The van der Waals surface area contributed by atoms with Gasteiger partial charge in [-0.2, -0.15) is 0 Å². The van der Waals surface area contributed by atoms with E-state index in [1.165, 1.54) is 48.4 Å². The predicted molar refractivity (Wildman–Crippen MR) is 137 cm³/mol. The zero-order chi connectivity index (χ0) is 21.9. The highest BCUT2D eigenvalue weighted by Crippen LogP contribution is 2.40. The molecule has 0 aromatic heterocycles. The molecule has 0 N–H and O–H groups in total. The Morgan fingerprint density at radius 2 is 1.58 bits per heavy atom. The lowest BCUT2D eigenvalue weighted by atomic mass is 10.1. The first-order chi connectivity index (χ1) is 14.9. The van der Waals surface area contributed by atoms with Crippen LogP contribution in [0.4, 0.5) is 0 Å². The van der Waals surface area contributed by atoms with Crippen molar-refractivity contribution in [2.24, 2.45) is 0 Å². The van der Waals surface area contributed by atoms with E-state index >= 15 is 0 Å². The Morgan fingerprint density at radius 3 is 2.35 bits per heavy atom. The predicted octanol–water partition coefficient (Wildman–Crippen LogP) is 7.42. The minimum atomic E-state index is -1.69. The summed E-state index contributed by atoms with van der Waals surface area (Å²) in [5.74, 6) is 0. The van der Waals surface area contributed by atoms with Gasteiger partial charge in [0.2, 0.25) is 0 Å². The molecule has 0 amide bonds. The first-order valence-electron chi connectivity index (χ1n) is 12.1. The molecule has 2 aliphatic carbocycles. The van der Waals surface area contributed by atoms with Crippen molar-refractivity contribution in [1.82, 2.24) is 0 Å². The molecule has 0 radical (unpaired) electrons. The molecular formula is C29H38OSi. The third-order valence-corrected chi connectivity index (χ3v) is 12.0. The molecule has 0 heterocycles. The molecule has 0 spiro atoms. The van der Waals surface area contributed by atoms with Crippen molar-refractivity contribution in [2.75, 3.05) is 6.61 Å². The number of rotatable bonds is 9. The summed E-state index contributed by atoms with van der Waals surface area (Å²) in [5.41, 5.74) is 6.65. The van der Waals surface area contributed by atoms with Crippen LogP contribution >= 0.6 is 0 Å². The normalized spacial score (nSPS) is 17.0. The van der Waals surface area contributed by atoms with Crippen LogP contribution in [0.3, 0.4) is 0 Å². The topological polar surface area (TPSA) is 9.23 Å². The van der Waals surface area contributed by atoms with Crippen molar-refractivity contribution in [2.45, 2.75) is 76.6 Å². The Bertz CT molecular complexity index is 953. The lowest BCUT2D eigenvalue weighted by Gasteiger charge is -2.34. The van der Waals surface area contributed by atoms with Crippen LogP contribution in [-0.4, -0.2) is 20.3 Å². The number of benzene rings is 2. The van der Waals surface area contributed by atoms with Crippen LogP contribution in [0.2, 0.25) is 18.1 Å². The average Bonchev–Trinajstić information content (AvgIpc) is 3.40. The van der Waals surface area contributed by atoms with Gasteiger partial charge in [-0.25, -0.2) is 0 Å². The van der Waals surface area contributed by atoms with E-state index in [2.05, 4.69) is 94.1 Å². The van der Waals surface area contributed by atoms with Crippen molar-refractivity contribution in [3.8, 4) is 11.1 Å². The number of hydrogen-bond acceptors (Lipinski definition) is 1. The Kier molecular flexibility index (Phi) is 6.69. The van der Waals surface area contributed by atoms with Crippen molar-refractivity contribution in [3.05, 3.63) is 77.9 Å². The number of hydrogen-bond donors (Lipinski definition) is 0. The summed E-state index contributed by atoms with van der Waals surface area (Å²) in [6.45, 7) is 9.95. The second-order valence-electron chi connectivity index (χ2n) is 10.5. The van der Waals surface area contributed by atoms with Crippen molar-refractivity contribution in [1.29, 1.82) is 0 Å². The van der Waals surface area contributed by atoms with Crippen molar-refractivity contribution >= 4 is 13.3 Å².